The summed E-state index contributed by atoms with van der Waals surface area (Å²) in [6.45, 7) is 2.06. The summed E-state index contributed by atoms with van der Waals surface area (Å²) < 4.78 is 3.51. The lowest BCUT2D eigenvalue weighted by Crippen LogP contribution is -1.81. The summed E-state index contributed by atoms with van der Waals surface area (Å²) in [6, 6.07) is 8.10. The molecule has 86 valence electrons. The van der Waals surface area contributed by atoms with Crippen molar-refractivity contribution in [1.82, 2.24) is 25.0 Å². The van der Waals surface area contributed by atoms with Crippen molar-refractivity contribution < 1.29 is 0 Å². The van der Waals surface area contributed by atoms with Crippen molar-refractivity contribution >= 4 is 11.5 Å². The lowest BCUT2D eigenvalue weighted by molar-refractivity contribution is 0.942. The Morgan fingerprint density at radius 2 is 2.12 bits per heavy atom. The molecule has 0 amide bonds. The van der Waals surface area contributed by atoms with E-state index in [-0.39, 0.29) is 0 Å². The van der Waals surface area contributed by atoms with Gasteiger partial charge in [0.25, 0.3) is 0 Å². The van der Waals surface area contributed by atoms with Gasteiger partial charge in [0.2, 0.25) is 0 Å². The first-order valence-corrected chi connectivity index (χ1v) is 5.84. The molecular weight excluding hydrogens is 234 g/mol. The van der Waals surface area contributed by atoms with Crippen molar-refractivity contribution in [3.63, 3.8) is 0 Å². The SMILES string of the molecule is Cc1ccccc1-c1cn[nH]n1.c1csnn1. The molecule has 0 aliphatic carbocycles. The van der Waals surface area contributed by atoms with E-state index in [9.17, 15) is 0 Å². The molecule has 0 spiro atoms. The van der Waals surface area contributed by atoms with Crippen LogP contribution in [0, 0.1) is 6.92 Å². The molecule has 0 saturated heterocycles. The van der Waals surface area contributed by atoms with Crippen LogP contribution in [0.15, 0.2) is 42.0 Å². The molecule has 0 atom stereocenters. The predicted molar refractivity (Wildman–Crippen MR) is 66.5 cm³/mol. The smallest absolute Gasteiger partial charge is 0.113 e. The Morgan fingerprint density at radius 1 is 1.24 bits per heavy atom. The van der Waals surface area contributed by atoms with E-state index in [2.05, 4.69) is 38.0 Å². The van der Waals surface area contributed by atoms with Crippen molar-refractivity contribution in [1.29, 1.82) is 0 Å². The minimum atomic E-state index is 0.896. The quantitative estimate of drug-likeness (QED) is 0.714. The third-order valence-corrected chi connectivity index (χ3v) is 2.55. The summed E-state index contributed by atoms with van der Waals surface area (Å²) in [6.07, 6.45) is 3.38. The van der Waals surface area contributed by atoms with Gasteiger partial charge in [-0.3, -0.25) is 0 Å². The van der Waals surface area contributed by atoms with Crippen LogP contribution in [0.1, 0.15) is 5.56 Å². The third kappa shape index (κ3) is 3.18. The Balaban J connectivity index is 0.000000181. The predicted octanol–water partition coefficient (Wildman–Crippen LogP) is 2.32. The molecule has 0 radical (unpaired) electrons. The molecule has 0 aliphatic rings. The van der Waals surface area contributed by atoms with Crippen LogP contribution in [-0.2, 0) is 0 Å². The van der Waals surface area contributed by atoms with Crippen molar-refractivity contribution in [2.75, 3.05) is 0 Å². The van der Waals surface area contributed by atoms with Crippen LogP contribution < -0.4 is 0 Å². The van der Waals surface area contributed by atoms with E-state index in [1.807, 2.05) is 23.6 Å². The van der Waals surface area contributed by atoms with Crippen LogP contribution in [0.5, 0.6) is 0 Å². The van der Waals surface area contributed by atoms with Gasteiger partial charge in [0.05, 0.1) is 12.4 Å². The van der Waals surface area contributed by atoms with E-state index >= 15 is 0 Å². The second-order valence-electron chi connectivity index (χ2n) is 3.26. The van der Waals surface area contributed by atoms with Gasteiger partial charge in [-0.2, -0.15) is 15.4 Å². The molecule has 1 N–H and O–H groups in total. The monoisotopic (exact) mass is 245 g/mol. The van der Waals surface area contributed by atoms with Gasteiger partial charge >= 0.3 is 0 Å². The maximum Gasteiger partial charge on any atom is 0.113 e. The molecule has 0 saturated carbocycles. The lowest BCUT2D eigenvalue weighted by atomic mass is 10.1. The fourth-order valence-corrected chi connectivity index (χ4v) is 1.60. The Morgan fingerprint density at radius 3 is 2.65 bits per heavy atom. The normalized spacial score (nSPS) is 9.47. The number of benzene rings is 1. The Labute approximate surface area is 103 Å². The Kier molecular flexibility index (Phi) is 3.93. The van der Waals surface area contributed by atoms with Crippen molar-refractivity contribution in [2.45, 2.75) is 6.92 Å². The second kappa shape index (κ2) is 5.86. The molecular formula is C11H11N5S. The van der Waals surface area contributed by atoms with Crippen LogP contribution in [-0.4, -0.2) is 25.0 Å². The fraction of sp³-hybridized carbons (Fsp3) is 0.0909. The lowest BCUT2D eigenvalue weighted by Gasteiger charge is -1.98. The van der Waals surface area contributed by atoms with Gasteiger partial charge in [-0.15, -0.1) is 5.10 Å². The molecule has 5 nitrogen and oxygen atoms in total. The van der Waals surface area contributed by atoms with Crippen molar-refractivity contribution in [3.8, 4) is 11.3 Å². The summed E-state index contributed by atoms with van der Waals surface area (Å²) in [5.41, 5.74) is 3.24. The number of aryl methyl sites for hydroxylation is 1. The molecule has 3 aromatic rings. The van der Waals surface area contributed by atoms with E-state index in [1.165, 1.54) is 17.1 Å². The summed E-state index contributed by atoms with van der Waals surface area (Å²) in [5, 5.41) is 15.7. The van der Waals surface area contributed by atoms with Gasteiger partial charge in [0.1, 0.15) is 5.69 Å². The standard InChI is InChI=1S/C9H9N3.C2H2N2S/c1-7-4-2-3-5-8(7)9-6-10-12-11-9;1-2-5-4-3-1/h2-6H,1H3,(H,10,11,12);1-2H. The number of H-pyrrole nitrogens is 1. The Bertz CT molecular complexity index is 516. The number of nitrogens with zero attached hydrogens (tertiary/aromatic N) is 4. The second-order valence-corrected chi connectivity index (χ2v) is 3.90. The highest BCUT2D eigenvalue weighted by Gasteiger charge is 2.01. The number of nitrogens with one attached hydrogen (secondary N) is 1. The molecule has 3 rings (SSSR count). The van der Waals surface area contributed by atoms with Crippen LogP contribution in [0.2, 0.25) is 0 Å². The third-order valence-electron chi connectivity index (χ3n) is 2.12. The molecule has 1 aromatic carbocycles. The van der Waals surface area contributed by atoms with E-state index in [4.69, 9.17) is 0 Å². The number of hydrogen-bond donors (Lipinski definition) is 1. The molecule has 2 heterocycles. The molecule has 0 aliphatic heterocycles. The van der Waals surface area contributed by atoms with E-state index in [0.29, 0.717) is 0 Å². The van der Waals surface area contributed by atoms with E-state index in [0.717, 1.165) is 11.3 Å². The van der Waals surface area contributed by atoms with Gasteiger partial charge in [-0.25, -0.2) is 0 Å². The van der Waals surface area contributed by atoms with Gasteiger partial charge in [0.15, 0.2) is 0 Å². The minimum Gasteiger partial charge on any atom is -0.197 e. The van der Waals surface area contributed by atoms with Gasteiger partial charge in [-0.05, 0) is 24.0 Å². The summed E-state index contributed by atoms with van der Waals surface area (Å²) >= 11 is 1.35. The zero-order valence-corrected chi connectivity index (χ0v) is 10.1. The maximum absolute atomic E-state index is 4.01. The van der Waals surface area contributed by atoms with Crippen molar-refractivity contribution in [2.24, 2.45) is 0 Å². The molecule has 0 bridgehead atoms. The van der Waals surface area contributed by atoms with Crippen LogP contribution in [0.25, 0.3) is 11.3 Å². The molecule has 2 aromatic heterocycles. The average Bonchev–Trinajstić information content (AvgIpc) is 3.06. The summed E-state index contributed by atoms with van der Waals surface area (Å²) in [4.78, 5) is 0. The van der Waals surface area contributed by atoms with Crippen LogP contribution >= 0.6 is 11.5 Å². The van der Waals surface area contributed by atoms with Gasteiger partial charge in [0, 0.05) is 10.9 Å². The fourth-order valence-electron chi connectivity index (χ4n) is 1.33. The topological polar surface area (TPSA) is 67.3 Å². The maximum atomic E-state index is 4.01. The molecule has 17 heavy (non-hydrogen) atoms. The van der Waals surface area contributed by atoms with Gasteiger partial charge < -0.3 is 0 Å². The molecule has 0 unspecified atom stereocenters. The number of aromatic amines is 1. The van der Waals surface area contributed by atoms with E-state index in [1.54, 1.807) is 12.4 Å². The van der Waals surface area contributed by atoms with E-state index < -0.39 is 0 Å². The number of hydrogen-bond acceptors (Lipinski definition) is 5. The average molecular weight is 245 g/mol. The number of rotatable bonds is 1. The first kappa shape index (κ1) is 11.4. The zero-order valence-electron chi connectivity index (χ0n) is 9.24. The largest absolute Gasteiger partial charge is 0.197 e. The van der Waals surface area contributed by atoms with Crippen LogP contribution in [0.4, 0.5) is 0 Å². The zero-order chi connectivity index (χ0) is 11.9. The highest BCUT2D eigenvalue weighted by Crippen LogP contribution is 2.18. The highest BCUT2D eigenvalue weighted by molar-refractivity contribution is 7.03. The van der Waals surface area contributed by atoms with Crippen LogP contribution in [0.3, 0.4) is 0 Å². The van der Waals surface area contributed by atoms with Gasteiger partial charge in [-0.1, -0.05) is 28.8 Å². The van der Waals surface area contributed by atoms with Crippen molar-refractivity contribution in [3.05, 3.63) is 47.6 Å². The first-order valence-electron chi connectivity index (χ1n) is 5.00. The first-order chi connectivity index (χ1) is 8.38. The molecule has 6 heteroatoms. The highest BCUT2D eigenvalue weighted by atomic mass is 32.1. The number of aromatic nitrogens is 5. The summed E-state index contributed by atoms with van der Waals surface area (Å²) in [5.74, 6) is 0. The summed E-state index contributed by atoms with van der Waals surface area (Å²) in [7, 11) is 0. The minimum absolute atomic E-state index is 0.896. The Hall–Kier alpha value is -2.08. The molecule has 0 fully saturated rings.